The van der Waals surface area contributed by atoms with Gasteiger partial charge in [0.25, 0.3) is 0 Å². The van der Waals surface area contributed by atoms with E-state index in [1.807, 2.05) is 52.0 Å². The number of carbonyl (C=O) groups excluding carboxylic acids is 1. The second-order valence-corrected chi connectivity index (χ2v) is 8.10. The summed E-state index contributed by atoms with van der Waals surface area (Å²) in [5.41, 5.74) is 4.29. The van der Waals surface area contributed by atoms with Crippen LogP contribution < -0.4 is 4.90 Å². The third kappa shape index (κ3) is 3.82. The lowest BCUT2D eigenvalue weighted by molar-refractivity contribution is -0.116. The van der Waals surface area contributed by atoms with Crippen LogP contribution in [-0.4, -0.2) is 28.2 Å². The minimum absolute atomic E-state index is 0.0388. The summed E-state index contributed by atoms with van der Waals surface area (Å²) in [7, 11) is 0. The minimum atomic E-state index is -0.0388. The van der Waals surface area contributed by atoms with Gasteiger partial charge in [-0.25, -0.2) is 9.97 Å². The summed E-state index contributed by atoms with van der Waals surface area (Å²) < 4.78 is 1.06. The summed E-state index contributed by atoms with van der Waals surface area (Å²) in [5, 5.41) is 10.8. The second-order valence-electron chi connectivity index (χ2n) is 6.13. The number of aryl methyl sites for hydroxylation is 1. The highest BCUT2D eigenvalue weighted by molar-refractivity contribution is 8.00. The number of pyridine rings is 1. The van der Waals surface area contributed by atoms with Crippen LogP contribution in [-0.2, 0) is 4.79 Å². The Labute approximate surface area is 167 Å². The van der Waals surface area contributed by atoms with Gasteiger partial charge in [0, 0.05) is 12.2 Å². The number of thiazole rings is 1. The Morgan fingerprint density at radius 3 is 2.63 bits per heavy atom. The van der Waals surface area contributed by atoms with Gasteiger partial charge in [-0.1, -0.05) is 35.2 Å². The predicted octanol–water partition coefficient (Wildman–Crippen LogP) is 4.63. The molecule has 0 N–H and O–H groups in total. The highest BCUT2D eigenvalue weighted by atomic mass is 32.2. The lowest BCUT2D eigenvalue weighted by Gasteiger charge is -2.18. The summed E-state index contributed by atoms with van der Waals surface area (Å²) in [4.78, 5) is 23.6. The molecule has 2 heterocycles. The molecule has 0 fully saturated rings. The van der Waals surface area contributed by atoms with Crippen molar-refractivity contribution in [2.75, 3.05) is 17.2 Å². The fraction of sp³-hybridized carbons (Fsp3) is 0.300. The molecule has 0 bridgehead atoms. The van der Waals surface area contributed by atoms with Crippen molar-refractivity contribution in [1.29, 1.82) is 5.26 Å². The van der Waals surface area contributed by atoms with Gasteiger partial charge in [-0.15, -0.1) is 0 Å². The number of carbonyl (C=O) groups is 1. The number of hydrogen-bond acceptors (Lipinski definition) is 6. The molecule has 0 aliphatic carbocycles. The molecule has 0 atom stereocenters. The number of nitriles is 1. The number of anilines is 1. The molecular weight excluding hydrogens is 376 g/mol. The topological polar surface area (TPSA) is 69.9 Å². The first kappa shape index (κ1) is 19.3. The summed E-state index contributed by atoms with van der Waals surface area (Å²) in [6.45, 7) is 8.30. The Bertz CT molecular complexity index is 1020. The highest BCUT2D eigenvalue weighted by Crippen LogP contribution is 2.30. The molecule has 3 aromatic rings. The van der Waals surface area contributed by atoms with Crippen LogP contribution >= 0.6 is 23.1 Å². The Morgan fingerprint density at radius 2 is 1.96 bits per heavy atom. The van der Waals surface area contributed by atoms with Gasteiger partial charge in [0.05, 0.1) is 21.5 Å². The van der Waals surface area contributed by atoms with Crippen LogP contribution in [0.3, 0.4) is 0 Å². The van der Waals surface area contributed by atoms with Crippen LogP contribution in [0, 0.1) is 32.1 Å². The predicted molar refractivity (Wildman–Crippen MR) is 112 cm³/mol. The van der Waals surface area contributed by atoms with E-state index in [1.54, 1.807) is 4.90 Å². The number of benzene rings is 1. The number of para-hydroxylation sites is 1. The first-order chi connectivity index (χ1) is 13.0. The van der Waals surface area contributed by atoms with E-state index >= 15 is 0 Å². The second kappa shape index (κ2) is 8.07. The Kier molecular flexibility index (Phi) is 5.78. The standard InChI is InChI=1S/C20H20N4OS2/c1-5-24(20-23-16-8-6-7-9-17(16)27-20)18(25)11-26-19-15(10-21)13(3)12(2)14(4)22-19/h6-9H,5,11H2,1-4H3. The smallest absolute Gasteiger partial charge is 0.239 e. The molecule has 0 radical (unpaired) electrons. The Balaban J connectivity index is 1.81. The largest absolute Gasteiger partial charge is 0.288 e. The van der Waals surface area contributed by atoms with E-state index in [4.69, 9.17) is 0 Å². The summed E-state index contributed by atoms with van der Waals surface area (Å²) in [5.74, 6) is 0.177. The molecule has 1 aromatic carbocycles. The molecule has 1 amide bonds. The quantitative estimate of drug-likeness (QED) is 0.588. The summed E-state index contributed by atoms with van der Waals surface area (Å²) >= 11 is 2.83. The van der Waals surface area contributed by atoms with Gasteiger partial charge < -0.3 is 0 Å². The lowest BCUT2D eigenvalue weighted by Crippen LogP contribution is -2.32. The van der Waals surface area contributed by atoms with E-state index < -0.39 is 0 Å². The zero-order chi connectivity index (χ0) is 19.6. The zero-order valence-corrected chi connectivity index (χ0v) is 17.4. The average molecular weight is 397 g/mol. The summed E-state index contributed by atoms with van der Waals surface area (Å²) in [6, 6.07) is 10.1. The molecule has 0 saturated heterocycles. The number of rotatable bonds is 5. The van der Waals surface area contributed by atoms with Crippen LogP contribution in [0.1, 0.15) is 29.3 Å². The maximum Gasteiger partial charge on any atom is 0.239 e. The number of thioether (sulfide) groups is 1. The van der Waals surface area contributed by atoms with Crippen LogP contribution in [0.15, 0.2) is 29.3 Å². The Hall–Kier alpha value is -2.43. The molecule has 0 spiro atoms. The third-order valence-electron chi connectivity index (χ3n) is 4.54. The third-order valence-corrected chi connectivity index (χ3v) is 6.56. The average Bonchev–Trinajstić information content (AvgIpc) is 3.08. The number of hydrogen-bond donors (Lipinski definition) is 0. The molecule has 0 unspecified atom stereocenters. The molecular formula is C20H20N4OS2. The van der Waals surface area contributed by atoms with E-state index in [9.17, 15) is 10.1 Å². The van der Waals surface area contributed by atoms with Crippen molar-refractivity contribution < 1.29 is 4.79 Å². The van der Waals surface area contributed by atoms with Gasteiger partial charge in [-0.3, -0.25) is 9.69 Å². The van der Waals surface area contributed by atoms with Crippen LogP contribution in [0.5, 0.6) is 0 Å². The molecule has 27 heavy (non-hydrogen) atoms. The van der Waals surface area contributed by atoms with Crippen molar-refractivity contribution in [2.24, 2.45) is 0 Å². The molecule has 2 aromatic heterocycles. The maximum atomic E-state index is 12.8. The van der Waals surface area contributed by atoms with Crippen molar-refractivity contribution in [1.82, 2.24) is 9.97 Å². The van der Waals surface area contributed by atoms with E-state index in [1.165, 1.54) is 23.1 Å². The number of aromatic nitrogens is 2. The van der Waals surface area contributed by atoms with Crippen molar-refractivity contribution in [3.8, 4) is 6.07 Å². The maximum absolute atomic E-state index is 12.8. The van der Waals surface area contributed by atoms with E-state index in [2.05, 4.69) is 16.0 Å². The molecule has 0 aliphatic heterocycles. The van der Waals surface area contributed by atoms with Gasteiger partial charge in [0.15, 0.2) is 5.13 Å². The normalized spacial score (nSPS) is 10.8. The minimum Gasteiger partial charge on any atom is -0.288 e. The number of fused-ring (bicyclic) bond motifs is 1. The van der Waals surface area contributed by atoms with Crippen molar-refractivity contribution in [3.05, 3.63) is 46.6 Å². The Morgan fingerprint density at radius 1 is 1.22 bits per heavy atom. The van der Waals surface area contributed by atoms with Crippen molar-refractivity contribution in [2.45, 2.75) is 32.7 Å². The molecule has 7 heteroatoms. The van der Waals surface area contributed by atoms with Crippen LogP contribution in [0.25, 0.3) is 10.2 Å². The molecule has 3 rings (SSSR count). The van der Waals surface area contributed by atoms with E-state index in [-0.39, 0.29) is 11.7 Å². The first-order valence-electron chi connectivity index (χ1n) is 8.62. The van der Waals surface area contributed by atoms with Crippen molar-refractivity contribution >= 4 is 44.4 Å². The monoisotopic (exact) mass is 396 g/mol. The highest BCUT2D eigenvalue weighted by Gasteiger charge is 2.20. The SMILES string of the molecule is CCN(C(=O)CSc1nc(C)c(C)c(C)c1C#N)c1nc2ccccc2s1. The molecule has 0 aliphatic rings. The molecule has 5 nitrogen and oxygen atoms in total. The zero-order valence-electron chi connectivity index (χ0n) is 15.7. The van der Waals surface area contributed by atoms with E-state index in [0.29, 0.717) is 22.3 Å². The van der Waals surface area contributed by atoms with Gasteiger partial charge in [-0.05, 0) is 51.0 Å². The number of nitrogens with zero attached hydrogens (tertiary/aromatic N) is 4. The fourth-order valence-corrected chi connectivity index (χ4v) is 4.76. The van der Waals surface area contributed by atoms with Gasteiger partial charge in [-0.2, -0.15) is 5.26 Å². The van der Waals surface area contributed by atoms with Gasteiger partial charge >= 0.3 is 0 Å². The van der Waals surface area contributed by atoms with Gasteiger partial charge in [0.2, 0.25) is 5.91 Å². The number of amides is 1. The van der Waals surface area contributed by atoms with Crippen LogP contribution in [0.4, 0.5) is 5.13 Å². The molecule has 138 valence electrons. The van der Waals surface area contributed by atoms with Crippen molar-refractivity contribution in [3.63, 3.8) is 0 Å². The summed E-state index contributed by atoms with van der Waals surface area (Å²) in [6.07, 6.45) is 0. The van der Waals surface area contributed by atoms with Gasteiger partial charge in [0.1, 0.15) is 11.1 Å². The fourth-order valence-electron chi connectivity index (χ4n) is 2.75. The molecule has 0 saturated carbocycles. The lowest BCUT2D eigenvalue weighted by atomic mass is 10.1. The van der Waals surface area contributed by atoms with Crippen LogP contribution in [0.2, 0.25) is 0 Å². The first-order valence-corrected chi connectivity index (χ1v) is 10.4. The van der Waals surface area contributed by atoms with E-state index in [0.717, 1.165) is 27.0 Å².